The molecule has 1 heterocycles. The molecule has 1 aliphatic rings. The molecule has 0 aromatic heterocycles. The Bertz CT molecular complexity index is 318. The first-order chi connectivity index (χ1) is 5.81. The SMILES string of the molecule is N#CC(C#N)=C1SC/C(=N/O)S1. The number of allylic oxidation sites excluding steroid dienone is 1. The summed E-state index contributed by atoms with van der Waals surface area (Å²) in [6.45, 7) is 0. The Morgan fingerprint density at radius 1 is 1.50 bits per heavy atom. The normalized spacial score (nSPS) is 18.8. The van der Waals surface area contributed by atoms with Gasteiger partial charge in [0.05, 0.1) is 9.99 Å². The summed E-state index contributed by atoms with van der Waals surface area (Å²) in [5, 5.41) is 28.9. The number of oxime groups is 1. The van der Waals surface area contributed by atoms with Crippen LogP contribution in [0, 0.1) is 22.7 Å². The first-order valence-corrected chi connectivity index (χ1v) is 4.68. The molecule has 0 aromatic carbocycles. The molecule has 0 aromatic rings. The van der Waals surface area contributed by atoms with E-state index in [0.29, 0.717) is 15.0 Å². The molecule has 0 amide bonds. The summed E-state index contributed by atoms with van der Waals surface area (Å²) in [4.78, 5) is 0. The van der Waals surface area contributed by atoms with Crippen LogP contribution in [0.25, 0.3) is 0 Å². The minimum atomic E-state index is 0.0867. The predicted octanol–water partition coefficient (Wildman–Crippen LogP) is 1.51. The topological polar surface area (TPSA) is 80.2 Å². The van der Waals surface area contributed by atoms with Crippen LogP contribution in [-0.2, 0) is 0 Å². The van der Waals surface area contributed by atoms with E-state index in [2.05, 4.69) is 5.16 Å². The first kappa shape index (κ1) is 8.98. The lowest BCUT2D eigenvalue weighted by Crippen LogP contribution is -1.85. The van der Waals surface area contributed by atoms with E-state index in [1.165, 1.54) is 23.5 Å². The van der Waals surface area contributed by atoms with Gasteiger partial charge in [0.25, 0.3) is 0 Å². The summed E-state index contributed by atoms with van der Waals surface area (Å²) in [7, 11) is 0. The van der Waals surface area contributed by atoms with E-state index in [1.807, 2.05) is 0 Å². The highest BCUT2D eigenvalue weighted by molar-refractivity contribution is 8.34. The fraction of sp³-hybridized carbons (Fsp3) is 0.167. The molecule has 1 saturated heterocycles. The third-order valence-corrected chi connectivity index (χ3v) is 3.60. The molecule has 1 fully saturated rings. The van der Waals surface area contributed by atoms with Gasteiger partial charge >= 0.3 is 0 Å². The molecule has 1 rings (SSSR count). The smallest absolute Gasteiger partial charge is 0.150 e. The molecule has 0 atom stereocenters. The molecule has 6 heteroatoms. The Hall–Kier alpha value is -1.11. The molecule has 60 valence electrons. The molecule has 4 nitrogen and oxygen atoms in total. The van der Waals surface area contributed by atoms with E-state index in [1.54, 1.807) is 12.1 Å². The van der Waals surface area contributed by atoms with Gasteiger partial charge in [-0.25, -0.2) is 0 Å². The minimum absolute atomic E-state index is 0.0867. The molecule has 12 heavy (non-hydrogen) atoms. The van der Waals surface area contributed by atoms with Crippen LogP contribution >= 0.6 is 23.5 Å². The number of nitriles is 2. The summed E-state index contributed by atoms with van der Waals surface area (Å²) < 4.78 is 0.618. The summed E-state index contributed by atoms with van der Waals surface area (Å²) in [5.41, 5.74) is 0.0867. The van der Waals surface area contributed by atoms with Crippen LogP contribution < -0.4 is 0 Å². The fourth-order valence-corrected chi connectivity index (χ4v) is 2.69. The van der Waals surface area contributed by atoms with Crippen LogP contribution in [0.2, 0.25) is 0 Å². The van der Waals surface area contributed by atoms with Crippen molar-refractivity contribution in [3.8, 4) is 12.1 Å². The average Bonchev–Trinajstić information content (AvgIpc) is 2.55. The van der Waals surface area contributed by atoms with Crippen LogP contribution in [0.5, 0.6) is 0 Å². The molecule has 0 unspecified atom stereocenters. The van der Waals surface area contributed by atoms with Crippen molar-refractivity contribution in [3.05, 3.63) is 9.81 Å². The van der Waals surface area contributed by atoms with Gasteiger partial charge < -0.3 is 5.21 Å². The van der Waals surface area contributed by atoms with Crippen molar-refractivity contribution in [1.82, 2.24) is 0 Å². The van der Waals surface area contributed by atoms with Gasteiger partial charge in [-0.05, 0) is 0 Å². The van der Waals surface area contributed by atoms with Gasteiger partial charge in [0.15, 0.2) is 0 Å². The lowest BCUT2D eigenvalue weighted by Gasteiger charge is -1.88. The van der Waals surface area contributed by atoms with Crippen LogP contribution in [0.4, 0.5) is 0 Å². The standard InChI is InChI=1S/C6H3N3OS2/c7-1-4(2-8)6-11-3-5(9-10)12-6/h10H,3H2/b9-5-. The maximum atomic E-state index is 8.49. The van der Waals surface area contributed by atoms with Crippen LogP contribution in [0.15, 0.2) is 15.0 Å². The van der Waals surface area contributed by atoms with E-state index < -0.39 is 0 Å². The Balaban J connectivity index is 2.90. The van der Waals surface area contributed by atoms with E-state index in [-0.39, 0.29) is 5.57 Å². The minimum Gasteiger partial charge on any atom is -0.410 e. The molecular formula is C6H3N3OS2. The number of rotatable bonds is 0. The predicted molar refractivity (Wildman–Crippen MR) is 47.5 cm³/mol. The van der Waals surface area contributed by atoms with Crippen LogP contribution in [-0.4, -0.2) is 16.0 Å². The van der Waals surface area contributed by atoms with E-state index >= 15 is 0 Å². The van der Waals surface area contributed by atoms with Crippen molar-refractivity contribution in [3.63, 3.8) is 0 Å². The summed E-state index contributed by atoms with van der Waals surface area (Å²) in [6.07, 6.45) is 0. The van der Waals surface area contributed by atoms with Crippen molar-refractivity contribution < 1.29 is 5.21 Å². The highest BCUT2D eigenvalue weighted by Crippen LogP contribution is 2.40. The van der Waals surface area contributed by atoms with Crippen molar-refractivity contribution >= 4 is 28.6 Å². The number of thioether (sulfide) groups is 2. The van der Waals surface area contributed by atoms with Gasteiger partial charge in [-0.1, -0.05) is 16.9 Å². The van der Waals surface area contributed by atoms with Gasteiger partial charge in [0.1, 0.15) is 22.8 Å². The highest BCUT2D eigenvalue weighted by atomic mass is 32.2. The van der Waals surface area contributed by atoms with Gasteiger partial charge in [0.2, 0.25) is 0 Å². The zero-order valence-corrected chi connectivity index (χ0v) is 7.45. The van der Waals surface area contributed by atoms with Crippen LogP contribution in [0.3, 0.4) is 0 Å². The molecule has 0 aliphatic carbocycles. The molecule has 0 bridgehead atoms. The quantitative estimate of drug-likeness (QED) is 0.361. The van der Waals surface area contributed by atoms with Crippen molar-refractivity contribution in [2.45, 2.75) is 0 Å². The van der Waals surface area contributed by atoms with E-state index in [0.717, 1.165) is 0 Å². The first-order valence-electron chi connectivity index (χ1n) is 2.88. The second-order valence-electron chi connectivity index (χ2n) is 1.77. The van der Waals surface area contributed by atoms with Crippen molar-refractivity contribution in [2.75, 3.05) is 5.75 Å². The van der Waals surface area contributed by atoms with Gasteiger partial charge in [-0.15, -0.1) is 11.8 Å². The van der Waals surface area contributed by atoms with Gasteiger partial charge in [-0.3, -0.25) is 0 Å². The lowest BCUT2D eigenvalue weighted by atomic mass is 10.4. The molecule has 1 aliphatic heterocycles. The number of hydrogen-bond acceptors (Lipinski definition) is 6. The summed E-state index contributed by atoms with van der Waals surface area (Å²) >= 11 is 2.50. The molecular weight excluding hydrogens is 194 g/mol. The maximum absolute atomic E-state index is 8.49. The second-order valence-corrected chi connectivity index (χ2v) is 4.10. The van der Waals surface area contributed by atoms with Crippen molar-refractivity contribution in [1.29, 1.82) is 10.5 Å². The number of hydrogen-bond donors (Lipinski definition) is 1. The second kappa shape index (κ2) is 4.05. The van der Waals surface area contributed by atoms with Crippen LogP contribution in [0.1, 0.15) is 0 Å². The van der Waals surface area contributed by atoms with E-state index in [4.69, 9.17) is 15.7 Å². The Morgan fingerprint density at radius 3 is 2.58 bits per heavy atom. The monoisotopic (exact) mass is 197 g/mol. The molecule has 0 saturated carbocycles. The lowest BCUT2D eigenvalue weighted by molar-refractivity contribution is 0.320. The third kappa shape index (κ3) is 1.73. The largest absolute Gasteiger partial charge is 0.410 e. The highest BCUT2D eigenvalue weighted by Gasteiger charge is 2.20. The Kier molecular flexibility index (Phi) is 3.03. The third-order valence-electron chi connectivity index (χ3n) is 1.08. The maximum Gasteiger partial charge on any atom is 0.150 e. The molecule has 1 N–H and O–H groups in total. The van der Waals surface area contributed by atoms with Gasteiger partial charge in [0, 0.05) is 0 Å². The summed E-state index contributed by atoms with van der Waals surface area (Å²) in [5.74, 6) is 0.531. The zero-order valence-electron chi connectivity index (χ0n) is 5.81. The summed E-state index contributed by atoms with van der Waals surface area (Å²) in [6, 6.07) is 3.56. The van der Waals surface area contributed by atoms with Crippen molar-refractivity contribution in [2.24, 2.45) is 5.16 Å². The van der Waals surface area contributed by atoms with E-state index in [9.17, 15) is 0 Å². The number of nitrogens with zero attached hydrogens (tertiary/aromatic N) is 3. The average molecular weight is 197 g/mol. The fourth-order valence-electron chi connectivity index (χ4n) is 0.582. The zero-order chi connectivity index (χ0) is 8.97. The Morgan fingerprint density at radius 2 is 2.17 bits per heavy atom. The van der Waals surface area contributed by atoms with Gasteiger partial charge in [-0.2, -0.15) is 10.5 Å². The Labute approximate surface area is 77.5 Å². The molecule has 0 spiro atoms. The molecule has 0 radical (unpaired) electrons.